The lowest BCUT2D eigenvalue weighted by molar-refractivity contribution is -0.186. The van der Waals surface area contributed by atoms with Crippen molar-refractivity contribution in [3.63, 3.8) is 0 Å². The smallest absolute Gasteiger partial charge is 0.336 e. The molecule has 0 aromatic rings. The summed E-state index contributed by atoms with van der Waals surface area (Å²) in [6.45, 7) is 20.7. The van der Waals surface area contributed by atoms with Crippen molar-refractivity contribution in [2.45, 2.75) is 106 Å². The third-order valence-corrected chi connectivity index (χ3v) is 4.21. The zero-order chi connectivity index (χ0) is 17.8. The van der Waals surface area contributed by atoms with Gasteiger partial charge in [0.05, 0.1) is 5.60 Å². The van der Waals surface area contributed by atoms with E-state index in [0.717, 1.165) is 19.3 Å². The molecular weight excluding hydrogens is 276 g/mol. The standard InChI is InChI=1S/C19H38O3/c1-11-18(7,8)21-15(14(3)13-17(4,5)6)16(20)22-19(9,10)12-2/h14-15H,11-13H2,1-10H3. The van der Waals surface area contributed by atoms with Gasteiger partial charge >= 0.3 is 5.97 Å². The topological polar surface area (TPSA) is 35.5 Å². The second-order valence-corrected chi connectivity index (χ2v) is 8.93. The van der Waals surface area contributed by atoms with Gasteiger partial charge in [-0.15, -0.1) is 0 Å². The molecule has 0 spiro atoms. The van der Waals surface area contributed by atoms with Crippen molar-refractivity contribution in [3.8, 4) is 0 Å². The van der Waals surface area contributed by atoms with Gasteiger partial charge in [-0.1, -0.05) is 41.5 Å². The van der Waals surface area contributed by atoms with Gasteiger partial charge in [0.2, 0.25) is 0 Å². The van der Waals surface area contributed by atoms with E-state index in [2.05, 4.69) is 34.6 Å². The molecule has 0 N–H and O–H groups in total. The van der Waals surface area contributed by atoms with Crippen LogP contribution in [0.25, 0.3) is 0 Å². The molecule has 0 rings (SSSR count). The van der Waals surface area contributed by atoms with Gasteiger partial charge in [-0.05, 0) is 58.3 Å². The number of carbonyl (C=O) groups excluding carboxylic acids is 1. The molecule has 3 heteroatoms. The Morgan fingerprint density at radius 1 is 0.909 bits per heavy atom. The zero-order valence-corrected chi connectivity index (χ0v) is 16.5. The lowest BCUT2D eigenvalue weighted by atomic mass is 9.83. The number of rotatable bonds is 8. The minimum Gasteiger partial charge on any atom is -0.458 e. The van der Waals surface area contributed by atoms with Crippen molar-refractivity contribution in [1.82, 2.24) is 0 Å². The van der Waals surface area contributed by atoms with E-state index < -0.39 is 11.7 Å². The van der Waals surface area contributed by atoms with E-state index in [0.29, 0.717) is 0 Å². The van der Waals surface area contributed by atoms with Crippen molar-refractivity contribution in [2.75, 3.05) is 0 Å². The van der Waals surface area contributed by atoms with Crippen LogP contribution in [0, 0.1) is 11.3 Å². The fourth-order valence-corrected chi connectivity index (χ4v) is 2.30. The van der Waals surface area contributed by atoms with Gasteiger partial charge in [-0.2, -0.15) is 0 Å². The first-order valence-electron chi connectivity index (χ1n) is 8.63. The van der Waals surface area contributed by atoms with Crippen molar-refractivity contribution >= 4 is 5.97 Å². The molecule has 0 saturated heterocycles. The molecule has 3 nitrogen and oxygen atoms in total. The minimum atomic E-state index is -0.514. The highest BCUT2D eigenvalue weighted by molar-refractivity contribution is 5.75. The molecule has 22 heavy (non-hydrogen) atoms. The first kappa shape index (κ1) is 21.4. The minimum absolute atomic E-state index is 0.117. The number of esters is 1. The molecule has 0 saturated carbocycles. The summed E-state index contributed by atoms with van der Waals surface area (Å²) in [5.41, 5.74) is -0.624. The van der Waals surface area contributed by atoms with Crippen LogP contribution in [0.3, 0.4) is 0 Å². The molecule has 2 unspecified atom stereocenters. The summed E-state index contributed by atoms with van der Waals surface area (Å²) in [6, 6.07) is 0. The SMILES string of the molecule is CCC(C)(C)OC(=O)C(OC(C)(C)CC)C(C)CC(C)(C)C. The fraction of sp³-hybridized carbons (Fsp3) is 0.947. The van der Waals surface area contributed by atoms with Crippen LogP contribution in [0.4, 0.5) is 0 Å². The summed E-state index contributed by atoms with van der Waals surface area (Å²) < 4.78 is 11.9. The molecule has 0 aromatic heterocycles. The van der Waals surface area contributed by atoms with E-state index in [1.165, 1.54) is 0 Å². The Hall–Kier alpha value is -0.570. The van der Waals surface area contributed by atoms with Crippen LogP contribution in [0.15, 0.2) is 0 Å². The molecule has 0 aliphatic rings. The largest absolute Gasteiger partial charge is 0.458 e. The Morgan fingerprint density at radius 3 is 1.73 bits per heavy atom. The first-order valence-corrected chi connectivity index (χ1v) is 8.63. The number of hydrogen-bond donors (Lipinski definition) is 0. The maximum absolute atomic E-state index is 12.7. The predicted octanol–water partition coefficient (Wildman–Crippen LogP) is 5.36. The van der Waals surface area contributed by atoms with Gasteiger partial charge in [0.15, 0.2) is 6.10 Å². The van der Waals surface area contributed by atoms with Gasteiger partial charge in [-0.3, -0.25) is 0 Å². The summed E-state index contributed by atoms with van der Waals surface area (Å²) >= 11 is 0. The molecule has 2 atom stereocenters. The van der Waals surface area contributed by atoms with Crippen molar-refractivity contribution in [2.24, 2.45) is 11.3 Å². The summed E-state index contributed by atoms with van der Waals surface area (Å²) in [5.74, 6) is -0.115. The zero-order valence-electron chi connectivity index (χ0n) is 16.5. The molecule has 0 aromatic carbocycles. The van der Waals surface area contributed by atoms with E-state index in [9.17, 15) is 4.79 Å². The number of carbonyl (C=O) groups is 1. The molecule has 0 radical (unpaired) electrons. The lowest BCUT2D eigenvalue weighted by Gasteiger charge is -2.36. The van der Waals surface area contributed by atoms with Crippen LogP contribution in [0.5, 0.6) is 0 Å². The Labute approximate surface area is 138 Å². The molecule has 0 bridgehead atoms. The summed E-state index contributed by atoms with van der Waals surface area (Å²) in [5, 5.41) is 0. The van der Waals surface area contributed by atoms with Gasteiger partial charge in [0.25, 0.3) is 0 Å². The van der Waals surface area contributed by atoms with Gasteiger partial charge in [-0.25, -0.2) is 4.79 Å². The Bertz CT molecular complexity index is 350. The molecule has 0 amide bonds. The predicted molar refractivity (Wildman–Crippen MR) is 92.9 cm³/mol. The highest BCUT2D eigenvalue weighted by Gasteiger charge is 2.36. The Morgan fingerprint density at radius 2 is 1.36 bits per heavy atom. The first-order chi connectivity index (χ1) is 9.73. The Balaban J connectivity index is 5.20. The third-order valence-electron chi connectivity index (χ3n) is 4.21. The Kier molecular flexibility index (Phi) is 7.61. The van der Waals surface area contributed by atoms with Crippen LogP contribution < -0.4 is 0 Å². The molecule has 0 aliphatic carbocycles. The monoisotopic (exact) mass is 314 g/mol. The average molecular weight is 315 g/mol. The van der Waals surface area contributed by atoms with Gasteiger partial charge in [0, 0.05) is 0 Å². The molecule has 0 aliphatic heterocycles. The maximum Gasteiger partial charge on any atom is 0.336 e. The fourth-order valence-electron chi connectivity index (χ4n) is 2.30. The normalized spacial score (nSPS) is 16.3. The lowest BCUT2D eigenvalue weighted by Crippen LogP contribution is -2.43. The average Bonchev–Trinajstić information content (AvgIpc) is 2.33. The quantitative estimate of drug-likeness (QED) is 0.565. The van der Waals surface area contributed by atoms with Crippen LogP contribution in [0.1, 0.15) is 88.5 Å². The molecular formula is C19H38O3. The van der Waals surface area contributed by atoms with Gasteiger partial charge < -0.3 is 9.47 Å². The second-order valence-electron chi connectivity index (χ2n) is 8.93. The van der Waals surface area contributed by atoms with E-state index >= 15 is 0 Å². The van der Waals surface area contributed by atoms with Gasteiger partial charge in [0.1, 0.15) is 5.60 Å². The van der Waals surface area contributed by atoms with E-state index in [-0.39, 0.29) is 22.9 Å². The summed E-state index contributed by atoms with van der Waals surface area (Å²) in [6.07, 6.45) is 2.05. The highest BCUT2D eigenvalue weighted by Crippen LogP contribution is 2.31. The molecule has 132 valence electrons. The second kappa shape index (κ2) is 7.81. The van der Waals surface area contributed by atoms with E-state index in [1.807, 2.05) is 34.6 Å². The van der Waals surface area contributed by atoms with Crippen LogP contribution >= 0.6 is 0 Å². The van der Waals surface area contributed by atoms with Crippen LogP contribution in [-0.4, -0.2) is 23.3 Å². The van der Waals surface area contributed by atoms with Crippen LogP contribution in [-0.2, 0) is 14.3 Å². The summed E-state index contributed by atoms with van der Waals surface area (Å²) in [4.78, 5) is 12.7. The number of hydrogen-bond acceptors (Lipinski definition) is 3. The maximum atomic E-state index is 12.7. The van der Waals surface area contributed by atoms with Crippen LogP contribution in [0.2, 0.25) is 0 Å². The molecule has 0 heterocycles. The van der Waals surface area contributed by atoms with Crippen molar-refractivity contribution < 1.29 is 14.3 Å². The van der Waals surface area contributed by atoms with E-state index in [1.54, 1.807) is 0 Å². The van der Waals surface area contributed by atoms with E-state index in [4.69, 9.17) is 9.47 Å². The van der Waals surface area contributed by atoms with Crippen molar-refractivity contribution in [1.29, 1.82) is 0 Å². The molecule has 0 fully saturated rings. The number of ether oxygens (including phenoxy) is 2. The highest BCUT2D eigenvalue weighted by atomic mass is 16.6. The summed E-state index contributed by atoms with van der Waals surface area (Å²) in [7, 11) is 0. The third kappa shape index (κ3) is 8.17. The van der Waals surface area contributed by atoms with Crippen molar-refractivity contribution in [3.05, 3.63) is 0 Å².